The second-order valence-electron chi connectivity index (χ2n) is 8.14. The topological polar surface area (TPSA) is 140 Å². The first-order chi connectivity index (χ1) is 17.7. The Bertz CT molecular complexity index is 1450. The fourth-order valence-corrected chi connectivity index (χ4v) is 6.36. The summed E-state index contributed by atoms with van der Waals surface area (Å²) >= 11 is 1.27. The average Bonchev–Trinajstić information content (AvgIpc) is 3.26. The number of sulfonamides is 1. The third kappa shape index (κ3) is 5.75. The van der Waals surface area contributed by atoms with E-state index in [-0.39, 0.29) is 26.7 Å². The molecule has 0 bridgehead atoms. The highest BCUT2D eigenvalue weighted by molar-refractivity contribution is 7.92. The maximum absolute atomic E-state index is 13.3. The molecule has 0 aliphatic heterocycles. The molecular formula is C25H25N3O7S2. The quantitative estimate of drug-likeness (QED) is 0.406. The van der Waals surface area contributed by atoms with Crippen molar-refractivity contribution in [3.63, 3.8) is 0 Å². The predicted molar refractivity (Wildman–Crippen MR) is 139 cm³/mol. The summed E-state index contributed by atoms with van der Waals surface area (Å²) in [6, 6.07) is 12.0. The summed E-state index contributed by atoms with van der Waals surface area (Å²) in [6.45, 7) is 0. The van der Waals surface area contributed by atoms with Crippen molar-refractivity contribution in [3.8, 4) is 5.75 Å². The van der Waals surface area contributed by atoms with Crippen molar-refractivity contribution in [1.29, 1.82) is 0 Å². The fourth-order valence-electron chi connectivity index (χ4n) is 4.00. The molecule has 3 amide bonds. The van der Waals surface area contributed by atoms with Gasteiger partial charge in [-0.15, -0.1) is 11.3 Å². The van der Waals surface area contributed by atoms with E-state index >= 15 is 0 Å². The van der Waals surface area contributed by atoms with Gasteiger partial charge in [-0.2, -0.15) is 0 Å². The summed E-state index contributed by atoms with van der Waals surface area (Å²) in [4.78, 5) is 38.8. The van der Waals surface area contributed by atoms with Gasteiger partial charge in [0.2, 0.25) is 0 Å². The van der Waals surface area contributed by atoms with Crippen LogP contribution >= 0.6 is 11.3 Å². The summed E-state index contributed by atoms with van der Waals surface area (Å²) in [5.41, 5.74) is 1.14. The number of alkyl carbamates (subject to hydrolysis) is 1. The number of methoxy groups -OCH3 is 2. The molecule has 2 aromatic carbocycles. The molecule has 0 unspecified atom stereocenters. The summed E-state index contributed by atoms with van der Waals surface area (Å²) in [5.74, 6) is -0.779. The van der Waals surface area contributed by atoms with Crippen LogP contribution in [0.25, 0.3) is 0 Å². The molecule has 0 saturated carbocycles. The van der Waals surface area contributed by atoms with Gasteiger partial charge in [0.05, 0.1) is 35.9 Å². The van der Waals surface area contributed by atoms with Crippen molar-refractivity contribution >= 4 is 50.0 Å². The van der Waals surface area contributed by atoms with Crippen LogP contribution in [0.4, 0.5) is 15.5 Å². The Balaban J connectivity index is 1.63. The summed E-state index contributed by atoms with van der Waals surface area (Å²) in [6.07, 6.45) is 2.33. The zero-order valence-electron chi connectivity index (χ0n) is 20.1. The number of hydrogen-bond acceptors (Lipinski definition) is 8. The van der Waals surface area contributed by atoms with Crippen molar-refractivity contribution < 1.29 is 32.3 Å². The number of fused-ring (bicyclic) bond motifs is 1. The van der Waals surface area contributed by atoms with Gasteiger partial charge in [-0.05, 0) is 67.6 Å². The molecule has 4 rings (SSSR count). The number of anilines is 2. The van der Waals surface area contributed by atoms with Crippen molar-refractivity contribution in [2.24, 2.45) is 0 Å². The first-order valence-electron chi connectivity index (χ1n) is 11.3. The number of amides is 3. The van der Waals surface area contributed by atoms with Crippen molar-refractivity contribution in [3.05, 3.63) is 70.1 Å². The zero-order valence-corrected chi connectivity index (χ0v) is 21.8. The highest BCUT2D eigenvalue weighted by Crippen LogP contribution is 2.38. The number of carbonyl (C=O) groups excluding carboxylic acids is 3. The maximum atomic E-state index is 13.3. The summed E-state index contributed by atoms with van der Waals surface area (Å²) < 4.78 is 38.0. The van der Waals surface area contributed by atoms with Crippen LogP contribution in [0.1, 0.15) is 44.0 Å². The number of nitrogens with one attached hydrogen (secondary N) is 3. The van der Waals surface area contributed by atoms with Crippen LogP contribution in [0.2, 0.25) is 0 Å². The van der Waals surface area contributed by atoms with Crippen LogP contribution in [-0.4, -0.2) is 40.5 Å². The number of carbonyl (C=O) groups is 3. The molecule has 3 aromatic rings. The second kappa shape index (κ2) is 11.0. The van der Waals surface area contributed by atoms with E-state index in [2.05, 4.69) is 20.1 Å². The zero-order chi connectivity index (χ0) is 26.6. The first kappa shape index (κ1) is 26.2. The Labute approximate surface area is 218 Å². The minimum atomic E-state index is -4.01. The van der Waals surface area contributed by atoms with Crippen LogP contribution in [0.15, 0.2) is 53.4 Å². The summed E-state index contributed by atoms with van der Waals surface area (Å²) in [7, 11) is -1.38. The molecule has 194 valence electrons. The van der Waals surface area contributed by atoms with E-state index in [0.717, 1.165) is 36.8 Å². The van der Waals surface area contributed by atoms with Gasteiger partial charge in [0.15, 0.2) is 0 Å². The van der Waals surface area contributed by atoms with E-state index in [9.17, 15) is 22.8 Å². The Morgan fingerprint density at radius 1 is 0.919 bits per heavy atom. The Morgan fingerprint density at radius 3 is 2.32 bits per heavy atom. The predicted octanol–water partition coefficient (Wildman–Crippen LogP) is 4.18. The van der Waals surface area contributed by atoms with E-state index in [0.29, 0.717) is 12.2 Å². The van der Waals surface area contributed by atoms with Gasteiger partial charge >= 0.3 is 6.09 Å². The highest BCUT2D eigenvalue weighted by Gasteiger charge is 2.28. The normalized spacial score (nSPS) is 12.7. The smallest absolute Gasteiger partial charge is 0.413 e. The molecule has 3 N–H and O–H groups in total. The fraction of sp³-hybridized carbons (Fsp3) is 0.240. The molecule has 0 radical (unpaired) electrons. The van der Waals surface area contributed by atoms with E-state index < -0.39 is 27.9 Å². The molecule has 0 fully saturated rings. The van der Waals surface area contributed by atoms with Crippen LogP contribution in [0.5, 0.6) is 5.75 Å². The van der Waals surface area contributed by atoms with Gasteiger partial charge in [-0.1, -0.05) is 12.1 Å². The van der Waals surface area contributed by atoms with Gasteiger partial charge < -0.3 is 14.8 Å². The van der Waals surface area contributed by atoms with E-state index in [4.69, 9.17) is 4.74 Å². The van der Waals surface area contributed by atoms with Gasteiger partial charge in [0.25, 0.3) is 21.8 Å². The first-order valence-corrected chi connectivity index (χ1v) is 13.6. The van der Waals surface area contributed by atoms with Crippen LogP contribution in [-0.2, 0) is 27.6 Å². The number of hydrogen-bond donors (Lipinski definition) is 3. The lowest BCUT2D eigenvalue weighted by Gasteiger charge is -2.14. The molecule has 1 aliphatic rings. The number of imide groups is 1. The number of rotatable bonds is 7. The Hall–Kier alpha value is -3.90. The van der Waals surface area contributed by atoms with Crippen LogP contribution < -0.4 is 20.1 Å². The number of para-hydroxylation sites is 1. The second-order valence-corrected chi connectivity index (χ2v) is 10.9. The largest absolute Gasteiger partial charge is 0.497 e. The number of thiophene rings is 1. The van der Waals surface area contributed by atoms with Crippen molar-refractivity contribution in [2.75, 3.05) is 24.3 Å². The number of ether oxygens (including phenoxy) is 2. The van der Waals surface area contributed by atoms with Crippen LogP contribution in [0.3, 0.4) is 0 Å². The van der Waals surface area contributed by atoms with Crippen LogP contribution in [0, 0.1) is 0 Å². The highest BCUT2D eigenvalue weighted by atomic mass is 32.2. The van der Waals surface area contributed by atoms with Gasteiger partial charge in [-0.3, -0.25) is 19.6 Å². The summed E-state index contributed by atoms with van der Waals surface area (Å²) in [5, 5.41) is 5.19. The molecular weight excluding hydrogens is 518 g/mol. The van der Waals surface area contributed by atoms with E-state index in [1.54, 1.807) is 12.1 Å². The standard InChI is InChI=1S/C25H25N3O7S2/c1-34-15-11-13-16(14-12-15)37(32,33)28-19-9-5-3-7-17(19)22(29)26-24-21(23(30)27-25(31)35-2)18-8-4-6-10-20(18)36-24/h3,5,7,9,11-14,28H,4,6,8,10H2,1-2H3,(H,26,29)(H,27,30,31). The van der Waals surface area contributed by atoms with Gasteiger partial charge in [-0.25, -0.2) is 13.2 Å². The lowest BCUT2D eigenvalue weighted by molar-refractivity contribution is 0.0937. The van der Waals surface area contributed by atoms with E-state index in [1.807, 2.05) is 0 Å². The van der Waals surface area contributed by atoms with Gasteiger partial charge in [0.1, 0.15) is 10.8 Å². The molecule has 37 heavy (non-hydrogen) atoms. The molecule has 0 spiro atoms. The van der Waals surface area contributed by atoms with Crippen molar-refractivity contribution in [2.45, 2.75) is 30.6 Å². The van der Waals surface area contributed by atoms with Crippen molar-refractivity contribution in [1.82, 2.24) is 5.32 Å². The molecule has 0 atom stereocenters. The maximum Gasteiger partial charge on any atom is 0.413 e. The molecule has 10 nitrogen and oxygen atoms in total. The molecule has 0 saturated heterocycles. The average molecular weight is 544 g/mol. The number of aryl methyl sites for hydroxylation is 1. The molecule has 1 aromatic heterocycles. The SMILES string of the molecule is COC(=O)NC(=O)c1c(NC(=O)c2ccccc2NS(=O)(=O)c2ccc(OC)cc2)sc2c1CCCC2. The number of benzene rings is 2. The minimum absolute atomic E-state index is 0.00351. The third-order valence-electron chi connectivity index (χ3n) is 5.81. The Kier molecular flexibility index (Phi) is 7.79. The monoisotopic (exact) mass is 543 g/mol. The molecule has 12 heteroatoms. The van der Waals surface area contributed by atoms with E-state index in [1.165, 1.54) is 54.8 Å². The minimum Gasteiger partial charge on any atom is -0.497 e. The lowest BCUT2D eigenvalue weighted by Crippen LogP contribution is -2.31. The third-order valence-corrected chi connectivity index (χ3v) is 8.40. The Morgan fingerprint density at radius 2 is 1.62 bits per heavy atom. The molecule has 1 heterocycles. The molecule has 1 aliphatic carbocycles. The lowest BCUT2D eigenvalue weighted by atomic mass is 9.95. The van der Waals surface area contributed by atoms with Gasteiger partial charge in [0, 0.05) is 4.88 Å².